The number of aromatic amines is 1. The van der Waals surface area contributed by atoms with Crippen LogP contribution in [-0.2, 0) is 0 Å². The van der Waals surface area contributed by atoms with E-state index in [4.69, 9.17) is 0 Å². The zero-order valence-electron chi connectivity index (χ0n) is 8.67. The summed E-state index contributed by atoms with van der Waals surface area (Å²) in [5.74, 6) is 0. The van der Waals surface area contributed by atoms with Gasteiger partial charge in [0.1, 0.15) is 0 Å². The third-order valence-electron chi connectivity index (χ3n) is 2.31. The average Bonchev–Trinajstić information content (AvgIpc) is 2.70. The van der Waals surface area contributed by atoms with Crippen molar-refractivity contribution in [2.75, 3.05) is 5.32 Å². The van der Waals surface area contributed by atoms with Crippen LogP contribution in [0, 0.1) is 0 Å². The number of nitrogens with one attached hydrogen (secondary N) is 2. The molecule has 84 valence electrons. The minimum absolute atomic E-state index is 0.222. The summed E-state index contributed by atoms with van der Waals surface area (Å²) in [6, 6.07) is 6.39. The smallest absolute Gasteiger partial charge is 0.0728 e. The zero-order valence-corrected chi connectivity index (χ0v) is 11.8. The standard InChI is InChI=1S/C11H11Br2N3/c1-7(16-9-5-14-15-6-9)10-3-2-8(12)4-11(10)13/h2-7,16H,1H3,(H,14,15). The molecule has 1 aromatic carbocycles. The average molecular weight is 345 g/mol. The molecule has 0 aliphatic rings. The molecule has 1 atom stereocenters. The van der Waals surface area contributed by atoms with Gasteiger partial charge in [0.05, 0.1) is 11.9 Å². The molecule has 2 N–H and O–H groups in total. The predicted octanol–water partition coefficient (Wildman–Crippen LogP) is 4.11. The van der Waals surface area contributed by atoms with Crippen molar-refractivity contribution in [2.45, 2.75) is 13.0 Å². The maximum absolute atomic E-state index is 3.90. The van der Waals surface area contributed by atoms with Gasteiger partial charge in [-0.15, -0.1) is 0 Å². The molecule has 2 aromatic rings. The summed E-state index contributed by atoms with van der Waals surface area (Å²) < 4.78 is 2.16. The van der Waals surface area contributed by atoms with E-state index in [1.54, 1.807) is 6.20 Å². The van der Waals surface area contributed by atoms with Crippen LogP contribution < -0.4 is 5.32 Å². The van der Waals surface area contributed by atoms with Gasteiger partial charge in [0, 0.05) is 21.2 Å². The Morgan fingerprint density at radius 2 is 2.19 bits per heavy atom. The molecule has 3 nitrogen and oxygen atoms in total. The number of anilines is 1. The second-order valence-electron chi connectivity index (χ2n) is 3.52. The van der Waals surface area contributed by atoms with Gasteiger partial charge in [-0.3, -0.25) is 5.10 Å². The van der Waals surface area contributed by atoms with Gasteiger partial charge in [-0.2, -0.15) is 5.10 Å². The van der Waals surface area contributed by atoms with Gasteiger partial charge < -0.3 is 5.32 Å². The molecule has 2 rings (SSSR count). The number of hydrogen-bond acceptors (Lipinski definition) is 2. The van der Waals surface area contributed by atoms with E-state index >= 15 is 0 Å². The second-order valence-corrected chi connectivity index (χ2v) is 5.29. The summed E-state index contributed by atoms with van der Waals surface area (Å²) in [6.45, 7) is 2.11. The van der Waals surface area contributed by atoms with E-state index in [9.17, 15) is 0 Å². The van der Waals surface area contributed by atoms with Crippen LogP contribution in [0.25, 0.3) is 0 Å². The molecule has 0 fully saturated rings. The molecule has 0 saturated carbocycles. The lowest BCUT2D eigenvalue weighted by molar-refractivity contribution is 0.878. The quantitative estimate of drug-likeness (QED) is 0.879. The van der Waals surface area contributed by atoms with Gasteiger partial charge in [0.25, 0.3) is 0 Å². The van der Waals surface area contributed by atoms with E-state index < -0.39 is 0 Å². The van der Waals surface area contributed by atoms with E-state index in [0.717, 1.165) is 14.6 Å². The third kappa shape index (κ3) is 2.65. The van der Waals surface area contributed by atoms with Gasteiger partial charge in [0.15, 0.2) is 0 Å². The van der Waals surface area contributed by atoms with Crippen molar-refractivity contribution in [2.24, 2.45) is 0 Å². The number of halogens is 2. The van der Waals surface area contributed by atoms with E-state index in [1.807, 2.05) is 18.3 Å². The van der Waals surface area contributed by atoms with Crippen molar-refractivity contribution in [3.63, 3.8) is 0 Å². The number of nitrogens with zero attached hydrogens (tertiary/aromatic N) is 1. The van der Waals surface area contributed by atoms with Crippen LogP contribution in [0.3, 0.4) is 0 Å². The van der Waals surface area contributed by atoms with Gasteiger partial charge in [-0.25, -0.2) is 0 Å². The number of rotatable bonds is 3. The van der Waals surface area contributed by atoms with Gasteiger partial charge in [-0.05, 0) is 24.6 Å². The second kappa shape index (κ2) is 5.01. The fourth-order valence-electron chi connectivity index (χ4n) is 1.51. The molecule has 0 aliphatic heterocycles. The largest absolute Gasteiger partial charge is 0.376 e. The molecule has 1 aromatic heterocycles. The van der Waals surface area contributed by atoms with E-state index in [0.29, 0.717) is 0 Å². The monoisotopic (exact) mass is 343 g/mol. The molecule has 16 heavy (non-hydrogen) atoms. The molecule has 0 amide bonds. The van der Waals surface area contributed by atoms with E-state index in [2.05, 4.69) is 60.4 Å². The first-order valence-electron chi connectivity index (χ1n) is 4.87. The van der Waals surface area contributed by atoms with Crippen LogP contribution in [0.4, 0.5) is 5.69 Å². The number of aromatic nitrogens is 2. The number of H-pyrrole nitrogens is 1. The highest BCUT2D eigenvalue weighted by Gasteiger charge is 2.09. The molecule has 1 heterocycles. The molecule has 0 bridgehead atoms. The Kier molecular flexibility index (Phi) is 3.66. The lowest BCUT2D eigenvalue weighted by atomic mass is 10.1. The molecule has 0 radical (unpaired) electrons. The van der Waals surface area contributed by atoms with Crippen LogP contribution in [0.1, 0.15) is 18.5 Å². The van der Waals surface area contributed by atoms with Crippen molar-refractivity contribution in [3.05, 3.63) is 45.1 Å². The SMILES string of the molecule is CC(Nc1cn[nH]c1)c1ccc(Br)cc1Br. The van der Waals surface area contributed by atoms with Gasteiger partial charge >= 0.3 is 0 Å². The van der Waals surface area contributed by atoms with Crippen LogP contribution >= 0.6 is 31.9 Å². The Bertz CT molecular complexity index is 468. The van der Waals surface area contributed by atoms with Crippen molar-refractivity contribution in [1.29, 1.82) is 0 Å². The Balaban J connectivity index is 2.17. The number of hydrogen-bond donors (Lipinski definition) is 2. The Hall–Kier alpha value is -0.810. The topological polar surface area (TPSA) is 40.7 Å². The highest BCUT2D eigenvalue weighted by atomic mass is 79.9. The molecular formula is C11H11Br2N3. The molecular weight excluding hydrogens is 334 g/mol. The predicted molar refractivity (Wildman–Crippen MR) is 72.5 cm³/mol. The Labute approximate surface area is 111 Å². The van der Waals surface area contributed by atoms with Crippen LogP contribution in [0.15, 0.2) is 39.5 Å². The Morgan fingerprint density at radius 3 is 2.81 bits per heavy atom. The fraction of sp³-hybridized carbons (Fsp3) is 0.182. The van der Waals surface area contributed by atoms with Crippen LogP contribution in [-0.4, -0.2) is 10.2 Å². The highest BCUT2D eigenvalue weighted by Crippen LogP contribution is 2.28. The summed E-state index contributed by atoms with van der Waals surface area (Å²) in [7, 11) is 0. The first-order chi connectivity index (χ1) is 7.66. The maximum atomic E-state index is 3.90. The van der Waals surface area contributed by atoms with E-state index in [1.165, 1.54) is 5.56 Å². The molecule has 1 unspecified atom stereocenters. The van der Waals surface area contributed by atoms with Crippen molar-refractivity contribution < 1.29 is 0 Å². The van der Waals surface area contributed by atoms with E-state index in [-0.39, 0.29) is 6.04 Å². The van der Waals surface area contributed by atoms with Crippen molar-refractivity contribution in [1.82, 2.24) is 10.2 Å². The van der Waals surface area contributed by atoms with Gasteiger partial charge in [-0.1, -0.05) is 37.9 Å². The minimum Gasteiger partial charge on any atom is -0.376 e. The molecule has 0 saturated heterocycles. The third-order valence-corrected chi connectivity index (χ3v) is 3.49. The lowest BCUT2D eigenvalue weighted by Gasteiger charge is -2.15. The number of benzene rings is 1. The summed E-state index contributed by atoms with van der Waals surface area (Å²) in [4.78, 5) is 0. The fourth-order valence-corrected chi connectivity index (χ4v) is 2.90. The molecule has 5 heteroatoms. The Morgan fingerprint density at radius 1 is 1.38 bits per heavy atom. The maximum Gasteiger partial charge on any atom is 0.0728 e. The van der Waals surface area contributed by atoms with Crippen molar-refractivity contribution in [3.8, 4) is 0 Å². The van der Waals surface area contributed by atoms with Crippen LogP contribution in [0.2, 0.25) is 0 Å². The molecule has 0 spiro atoms. The molecule has 0 aliphatic carbocycles. The first-order valence-corrected chi connectivity index (χ1v) is 6.45. The van der Waals surface area contributed by atoms with Crippen molar-refractivity contribution >= 4 is 37.5 Å². The summed E-state index contributed by atoms with van der Waals surface area (Å²) in [6.07, 6.45) is 3.60. The highest BCUT2D eigenvalue weighted by molar-refractivity contribution is 9.11. The van der Waals surface area contributed by atoms with Crippen LogP contribution in [0.5, 0.6) is 0 Å². The summed E-state index contributed by atoms with van der Waals surface area (Å²) >= 11 is 7.00. The van der Waals surface area contributed by atoms with Gasteiger partial charge in [0.2, 0.25) is 0 Å². The summed E-state index contributed by atoms with van der Waals surface area (Å²) in [5.41, 5.74) is 2.20. The zero-order chi connectivity index (χ0) is 11.5. The lowest BCUT2D eigenvalue weighted by Crippen LogP contribution is -2.06. The normalized spacial score (nSPS) is 12.4. The minimum atomic E-state index is 0.222. The summed E-state index contributed by atoms with van der Waals surface area (Å²) in [5, 5.41) is 10.0. The first kappa shape index (κ1) is 11.7.